The number of rotatable bonds is 5. The van der Waals surface area contributed by atoms with Crippen LogP contribution in [0.25, 0.3) is 21.9 Å². The van der Waals surface area contributed by atoms with Crippen molar-refractivity contribution in [1.82, 2.24) is 4.72 Å². The highest BCUT2D eigenvalue weighted by molar-refractivity contribution is 7.89. The summed E-state index contributed by atoms with van der Waals surface area (Å²) in [5.41, 5.74) is -1.81. The fraction of sp³-hybridized carbons (Fsp3) is 0.316. The number of carboxylic acids is 1. The Morgan fingerprint density at radius 3 is 2.30 bits per heavy atom. The Morgan fingerprint density at radius 1 is 1.04 bits per heavy atom. The van der Waals surface area contributed by atoms with Gasteiger partial charge in [-0.2, -0.15) is 4.72 Å². The number of aliphatic carboxylic acids is 1. The molecule has 0 aliphatic heterocycles. The molecular formula is C19H21NO6S. The smallest absolute Gasteiger partial charge is 0.352 e. The van der Waals surface area contributed by atoms with Crippen LogP contribution in [0.15, 0.2) is 51.8 Å². The van der Waals surface area contributed by atoms with E-state index in [0.29, 0.717) is 16.6 Å². The summed E-state index contributed by atoms with van der Waals surface area (Å²) in [4.78, 5) is 11.6. The van der Waals surface area contributed by atoms with Crippen LogP contribution in [-0.2, 0) is 19.6 Å². The third-order valence-electron chi connectivity index (χ3n) is 3.91. The molecule has 0 aliphatic rings. The number of ether oxygens (including phenoxy) is 1. The summed E-state index contributed by atoms with van der Waals surface area (Å²) in [6.45, 7) is 6.11. The molecule has 0 saturated heterocycles. The van der Waals surface area contributed by atoms with Crippen molar-refractivity contribution in [3.8, 4) is 0 Å². The van der Waals surface area contributed by atoms with Crippen LogP contribution in [0.2, 0.25) is 0 Å². The molecule has 1 atom stereocenters. The zero-order valence-corrected chi connectivity index (χ0v) is 16.3. The molecule has 0 bridgehead atoms. The van der Waals surface area contributed by atoms with Crippen molar-refractivity contribution >= 4 is 37.9 Å². The van der Waals surface area contributed by atoms with Crippen LogP contribution in [0.1, 0.15) is 27.7 Å². The molecule has 144 valence electrons. The van der Waals surface area contributed by atoms with Gasteiger partial charge in [-0.05, 0) is 52.0 Å². The van der Waals surface area contributed by atoms with Crippen molar-refractivity contribution in [3.05, 3.63) is 42.5 Å². The summed E-state index contributed by atoms with van der Waals surface area (Å²) in [6.07, 6.45) is 0. The SMILES string of the molecule is CC(C)(C)OC(C)(NS(=O)(=O)c1ccc2oc3ccccc3c2c1)C(=O)O. The molecule has 27 heavy (non-hydrogen) atoms. The van der Waals surface area contributed by atoms with Gasteiger partial charge in [-0.3, -0.25) is 0 Å². The molecule has 1 heterocycles. The van der Waals surface area contributed by atoms with Crippen molar-refractivity contribution in [2.24, 2.45) is 0 Å². The Kier molecular flexibility index (Phi) is 4.54. The quantitative estimate of drug-likeness (QED) is 0.645. The van der Waals surface area contributed by atoms with Gasteiger partial charge in [-0.15, -0.1) is 0 Å². The van der Waals surface area contributed by atoms with Crippen LogP contribution in [0.5, 0.6) is 0 Å². The zero-order chi connectivity index (χ0) is 20.0. The minimum atomic E-state index is -4.17. The molecule has 0 aliphatic carbocycles. The first kappa shape index (κ1) is 19.3. The van der Waals surface area contributed by atoms with E-state index in [1.807, 2.05) is 18.2 Å². The highest BCUT2D eigenvalue weighted by Crippen LogP contribution is 2.31. The predicted molar refractivity (Wildman–Crippen MR) is 101 cm³/mol. The molecule has 2 N–H and O–H groups in total. The highest BCUT2D eigenvalue weighted by Gasteiger charge is 2.42. The number of hydrogen-bond donors (Lipinski definition) is 2. The van der Waals surface area contributed by atoms with Crippen LogP contribution in [0.4, 0.5) is 0 Å². The van der Waals surface area contributed by atoms with Crippen molar-refractivity contribution in [3.63, 3.8) is 0 Å². The molecule has 7 nitrogen and oxygen atoms in total. The summed E-state index contributed by atoms with van der Waals surface area (Å²) >= 11 is 0. The number of para-hydroxylation sites is 1. The standard InChI is InChI=1S/C19H21NO6S/c1-18(2,3)26-19(4,17(21)22)20-27(23,24)12-9-10-16-14(11-12)13-7-5-6-8-15(13)25-16/h5-11,20H,1-4H3,(H,21,22). The number of hydrogen-bond acceptors (Lipinski definition) is 5. The summed E-state index contributed by atoms with van der Waals surface area (Å²) in [6, 6.07) is 11.7. The summed E-state index contributed by atoms with van der Waals surface area (Å²) in [7, 11) is -4.17. The first-order valence-corrected chi connectivity index (χ1v) is 9.78. The second kappa shape index (κ2) is 6.33. The van der Waals surface area contributed by atoms with E-state index in [-0.39, 0.29) is 4.90 Å². The normalized spacial score (nSPS) is 15.1. The van der Waals surface area contributed by atoms with Gasteiger partial charge < -0.3 is 14.3 Å². The second-order valence-electron chi connectivity index (χ2n) is 7.41. The summed E-state index contributed by atoms with van der Waals surface area (Å²) < 4.78 is 39.0. The Morgan fingerprint density at radius 2 is 1.67 bits per heavy atom. The molecule has 1 unspecified atom stereocenters. The molecule has 0 saturated carbocycles. The molecule has 0 fully saturated rings. The Balaban J connectivity index is 2.05. The second-order valence-corrected chi connectivity index (χ2v) is 9.10. The minimum Gasteiger partial charge on any atom is -0.478 e. The van der Waals surface area contributed by atoms with Crippen LogP contribution >= 0.6 is 0 Å². The van der Waals surface area contributed by atoms with Gasteiger partial charge in [0, 0.05) is 10.8 Å². The third-order valence-corrected chi connectivity index (χ3v) is 5.44. The van der Waals surface area contributed by atoms with Crippen molar-refractivity contribution in [1.29, 1.82) is 0 Å². The van der Waals surface area contributed by atoms with E-state index in [0.717, 1.165) is 5.39 Å². The van der Waals surface area contributed by atoms with E-state index in [4.69, 9.17) is 9.15 Å². The fourth-order valence-corrected chi connectivity index (χ4v) is 4.19. The van der Waals surface area contributed by atoms with E-state index in [9.17, 15) is 18.3 Å². The average molecular weight is 391 g/mol. The molecule has 0 spiro atoms. The van der Waals surface area contributed by atoms with E-state index in [1.54, 1.807) is 32.9 Å². The van der Waals surface area contributed by atoms with E-state index >= 15 is 0 Å². The number of benzene rings is 2. The first-order chi connectivity index (χ1) is 12.4. The van der Waals surface area contributed by atoms with Gasteiger partial charge in [0.1, 0.15) is 11.2 Å². The lowest BCUT2D eigenvalue weighted by molar-refractivity contribution is -0.183. The molecule has 0 amide bonds. The summed E-state index contributed by atoms with van der Waals surface area (Å²) in [5, 5.41) is 10.9. The largest absolute Gasteiger partial charge is 0.478 e. The Labute approximate surface area is 157 Å². The molecule has 0 radical (unpaired) electrons. The number of sulfonamides is 1. The third kappa shape index (κ3) is 3.83. The lowest BCUT2D eigenvalue weighted by Crippen LogP contribution is -2.57. The van der Waals surface area contributed by atoms with Gasteiger partial charge in [-0.1, -0.05) is 18.2 Å². The van der Waals surface area contributed by atoms with E-state index in [1.165, 1.54) is 19.1 Å². The number of carboxylic acid groups (broad SMARTS) is 1. The van der Waals surface area contributed by atoms with Crippen molar-refractivity contribution in [2.75, 3.05) is 0 Å². The summed E-state index contributed by atoms with van der Waals surface area (Å²) in [5.74, 6) is -1.43. The van der Waals surface area contributed by atoms with Crippen LogP contribution in [-0.4, -0.2) is 30.8 Å². The highest BCUT2D eigenvalue weighted by atomic mass is 32.2. The van der Waals surface area contributed by atoms with Gasteiger partial charge in [0.15, 0.2) is 0 Å². The van der Waals surface area contributed by atoms with Crippen LogP contribution < -0.4 is 4.72 Å². The Bertz CT molecular complexity index is 1130. The molecule has 1 aromatic heterocycles. The minimum absolute atomic E-state index is 0.0773. The topological polar surface area (TPSA) is 106 Å². The maximum atomic E-state index is 12.9. The lowest BCUT2D eigenvalue weighted by atomic mass is 10.1. The number of furan rings is 1. The van der Waals surface area contributed by atoms with Gasteiger partial charge in [-0.25, -0.2) is 13.2 Å². The molecule has 8 heteroatoms. The average Bonchev–Trinajstić information content (AvgIpc) is 2.90. The number of carbonyl (C=O) groups is 1. The monoisotopic (exact) mass is 391 g/mol. The molecule has 3 rings (SSSR count). The maximum Gasteiger partial charge on any atom is 0.352 e. The van der Waals surface area contributed by atoms with E-state index in [2.05, 4.69) is 4.72 Å². The molecular weight excluding hydrogens is 370 g/mol. The van der Waals surface area contributed by atoms with Crippen molar-refractivity contribution < 1.29 is 27.5 Å². The van der Waals surface area contributed by atoms with Gasteiger partial charge >= 0.3 is 5.97 Å². The predicted octanol–water partition coefficient (Wildman–Crippen LogP) is 3.48. The number of nitrogens with one attached hydrogen (secondary N) is 1. The lowest BCUT2D eigenvalue weighted by Gasteiger charge is -2.33. The van der Waals surface area contributed by atoms with Gasteiger partial charge in [0.25, 0.3) is 0 Å². The fourth-order valence-electron chi connectivity index (χ4n) is 2.91. The van der Waals surface area contributed by atoms with E-state index < -0.39 is 27.3 Å². The first-order valence-electron chi connectivity index (χ1n) is 8.30. The van der Waals surface area contributed by atoms with Gasteiger partial charge in [0.05, 0.1) is 10.5 Å². The Hall–Kier alpha value is -2.42. The zero-order valence-electron chi connectivity index (χ0n) is 15.4. The molecule has 2 aromatic carbocycles. The maximum absolute atomic E-state index is 12.9. The van der Waals surface area contributed by atoms with Gasteiger partial charge in [0.2, 0.25) is 15.7 Å². The number of fused-ring (bicyclic) bond motifs is 3. The van der Waals surface area contributed by atoms with Crippen LogP contribution in [0.3, 0.4) is 0 Å². The van der Waals surface area contributed by atoms with Crippen LogP contribution in [0, 0.1) is 0 Å². The van der Waals surface area contributed by atoms with Crippen molar-refractivity contribution in [2.45, 2.75) is 43.9 Å². The molecule has 3 aromatic rings.